The summed E-state index contributed by atoms with van der Waals surface area (Å²) in [6, 6.07) is 4.79. The summed E-state index contributed by atoms with van der Waals surface area (Å²) in [5, 5.41) is 0. The number of likely N-dealkylation sites (N-methyl/N-ethyl adjacent to an activating group) is 1. The van der Waals surface area contributed by atoms with E-state index in [0.29, 0.717) is 12.1 Å². The lowest BCUT2D eigenvalue weighted by molar-refractivity contribution is 0.0278. The van der Waals surface area contributed by atoms with Gasteiger partial charge in [-0.15, -0.1) is 0 Å². The van der Waals surface area contributed by atoms with Crippen molar-refractivity contribution in [3.63, 3.8) is 0 Å². The van der Waals surface area contributed by atoms with Gasteiger partial charge in [0.2, 0.25) is 0 Å². The topological polar surface area (TPSA) is 48.6 Å². The van der Waals surface area contributed by atoms with Crippen molar-refractivity contribution >= 4 is 6.09 Å². The molecule has 5 nitrogen and oxygen atoms in total. The van der Waals surface area contributed by atoms with Gasteiger partial charge in [-0.05, 0) is 53.3 Å². The van der Waals surface area contributed by atoms with Crippen molar-refractivity contribution in [2.75, 3.05) is 20.1 Å². The maximum absolute atomic E-state index is 12.1. The van der Waals surface area contributed by atoms with Crippen LogP contribution in [0, 0.1) is 0 Å². The van der Waals surface area contributed by atoms with Crippen molar-refractivity contribution < 1.29 is 9.53 Å². The van der Waals surface area contributed by atoms with Crippen molar-refractivity contribution in [3.8, 4) is 0 Å². The first kappa shape index (κ1) is 15.9. The fourth-order valence-corrected chi connectivity index (χ4v) is 2.71. The molecule has 2 atom stereocenters. The molecule has 5 heteroatoms. The maximum atomic E-state index is 12.1. The molecular formula is C16H27N3O2. The SMILES string of the molecule is CC(c1ccc[nH]1)N(C)[C@@H]1CCN(C(=O)OC(C)(C)C)C1. The zero-order valence-electron chi connectivity index (χ0n) is 13.7. The van der Waals surface area contributed by atoms with E-state index in [4.69, 9.17) is 4.74 Å². The van der Waals surface area contributed by atoms with Gasteiger partial charge < -0.3 is 14.6 Å². The highest BCUT2D eigenvalue weighted by Gasteiger charge is 2.33. The largest absolute Gasteiger partial charge is 0.444 e. The lowest BCUT2D eigenvalue weighted by atomic mass is 10.1. The Morgan fingerprint density at radius 3 is 2.81 bits per heavy atom. The highest BCUT2D eigenvalue weighted by atomic mass is 16.6. The number of aromatic nitrogens is 1. The second-order valence-electron chi connectivity index (χ2n) is 6.84. The Hall–Kier alpha value is -1.49. The van der Waals surface area contributed by atoms with Gasteiger partial charge in [0, 0.05) is 37.1 Å². The summed E-state index contributed by atoms with van der Waals surface area (Å²) in [4.78, 5) is 19.5. The number of H-pyrrole nitrogens is 1. The molecule has 0 spiro atoms. The fraction of sp³-hybridized carbons (Fsp3) is 0.688. The Labute approximate surface area is 127 Å². The van der Waals surface area contributed by atoms with Crippen molar-refractivity contribution in [2.45, 2.75) is 51.8 Å². The average molecular weight is 293 g/mol. The summed E-state index contributed by atoms with van der Waals surface area (Å²) in [5.74, 6) is 0. The number of hydrogen-bond donors (Lipinski definition) is 1. The van der Waals surface area contributed by atoms with Crippen LogP contribution >= 0.6 is 0 Å². The van der Waals surface area contributed by atoms with E-state index in [1.807, 2.05) is 37.9 Å². The molecule has 0 saturated carbocycles. The van der Waals surface area contributed by atoms with Crippen LogP contribution in [0.5, 0.6) is 0 Å². The number of nitrogens with zero attached hydrogens (tertiary/aromatic N) is 2. The van der Waals surface area contributed by atoms with E-state index in [2.05, 4.69) is 29.9 Å². The van der Waals surface area contributed by atoms with Crippen molar-refractivity contribution in [3.05, 3.63) is 24.0 Å². The normalized spacial score (nSPS) is 20.9. The molecule has 2 heterocycles. The summed E-state index contributed by atoms with van der Waals surface area (Å²) in [6.07, 6.45) is 2.73. The molecule has 1 unspecified atom stereocenters. The monoisotopic (exact) mass is 293 g/mol. The van der Waals surface area contributed by atoms with Gasteiger partial charge in [-0.1, -0.05) is 0 Å². The molecule has 0 bridgehead atoms. The van der Waals surface area contributed by atoms with Gasteiger partial charge in [0.15, 0.2) is 0 Å². The van der Waals surface area contributed by atoms with Gasteiger partial charge in [-0.3, -0.25) is 4.90 Å². The molecule has 0 radical (unpaired) electrons. The van der Waals surface area contributed by atoms with Gasteiger partial charge in [-0.25, -0.2) is 4.79 Å². The van der Waals surface area contributed by atoms with Crippen LogP contribution in [0.25, 0.3) is 0 Å². The molecule has 118 valence electrons. The molecule has 1 aliphatic heterocycles. The summed E-state index contributed by atoms with van der Waals surface area (Å²) >= 11 is 0. The molecule has 2 rings (SSSR count). The van der Waals surface area contributed by atoms with Crippen molar-refractivity contribution in [1.29, 1.82) is 0 Å². The fourth-order valence-electron chi connectivity index (χ4n) is 2.71. The van der Waals surface area contributed by atoms with E-state index in [1.165, 1.54) is 5.69 Å². The van der Waals surface area contributed by atoms with Crippen LogP contribution in [0.4, 0.5) is 4.79 Å². The maximum Gasteiger partial charge on any atom is 0.410 e. The summed E-state index contributed by atoms with van der Waals surface area (Å²) in [7, 11) is 2.12. The van der Waals surface area contributed by atoms with Gasteiger partial charge in [0.25, 0.3) is 0 Å². The Morgan fingerprint density at radius 2 is 2.24 bits per heavy atom. The van der Waals surface area contributed by atoms with E-state index in [9.17, 15) is 4.79 Å². The number of carbonyl (C=O) groups excluding carboxylic acids is 1. The third-order valence-corrected chi connectivity index (χ3v) is 4.07. The van der Waals surface area contributed by atoms with Crippen molar-refractivity contribution in [2.24, 2.45) is 0 Å². The smallest absolute Gasteiger partial charge is 0.410 e. The predicted octanol–water partition coefficient (Wildman–Crippen LogP) is 3.02. The number of rotatable bonds is 3. The first-order chi connectivity index (χ1) is 9.78. The van der Waals surface area contributed by atoms with Crippen molar-refractivity contribution in [1.82, 2.24) is 14.8 Å². The van der Waals surface area contributed by atoms with E-state index in [-0.39, 0.29) is 6.09 Å². The number of nitrogens with one attached hydrogen (secondary N) is 1. The molecular weight excluding hydrogens is 266 g/mol. The summed E-state index contributed by atoms with van der Waals surface area (Å²) in [6.45, 7) is 9.38. The minimum absolute atomic E-state index is 0.203. The minimum atomic E-state index is -0.432. The van der Waals surface area contributed by atoms with Crippen LogP contribution in [0.3, 0.4) is 0 Å². The van der Waals surface area contributed by atoms with Gasteiger partial charge in [0.1, 0.15) is 5.60 Å². The quantitative estimate of drug-likeness (QED) is 0.932. The Morgan fingerprint density at radius 1 is 1.52 bits per heavy atom. The summed E-state index contributed by atoms with van der Waals surface area (Å²) in [5.41, 5.74) is 0.770. The van der Waals surface area contributed by atoms with E-state index < -0.39 is 5.60 Å². The van der Waals surface area contributed by atoms with Crippen LogP contribution in [-0.2, 0) is 4.74 Å². The first-order valence-corrected chi connectivity index (χ1v) is 7.61. The average Bonchev–Trinajstić information content (AvgIpc) is 3.06. The van der Waals surface area contributed by atoms with Gasteiger partial charge in [0.05, 0.1) is 0 Å². The first-order valence-electron chi connectivity index (χ1n) is 7.61. The van der Waals surface area contributed by atoms with E-state index >= 15 is 0 Å². The lowest BCUT2D eigenvalue weighted by Gasteiger charge is -2.30. The predicted molar refractivity (Wildman–Crippen MR) is 83.2 cm³/mol. The molecule has 0 aromatic carbocycles. The second kappa shape index (κ2) is 6.10. The minimum Gasteiger partial charge on any atom is -0.444 e. The van der Waals surface area contributed by atoms with E-state index in [1.54, 1.807) is 0 Å². The number of amides is 1. The molecule has 1 aliphatic rings. The Kier molecular flexibility index (Phi) is 4.61. The highest BCUT2D eigenvalue weighted by Crippen LogP contribution is 2.25. The molecule has 1 fully saturated rings. The number of carbonyl (C=O) groups is 1. The third kappa shape index (κ3) is 4.00. The zero-order chi connectivity index (χ0) is 15.6. The molecule has 1 aromatic heterocycles. The molecule has 0 aliphatic carbocycles. The standard InChI is InChI=1S/C16H27N3O2/c1-12(14-7-6-9-17-14)18(5)13-8-10-19(11-13)15(20)21-16(2,3)4/h6-7,9,12-13,17H,8,10-11H2,1-5H3/t12?,13-/m1/s1. The van der Waals surface area contributed by atoms with Crippen LogP contribution in [0.1, 0.15) is 45.9 Å². The van der Waals surface area contributed by atoms with Gasteiger partial charge in [-0.2, -0.15) is 0 Å². The second-order valence-corrected chi connectivity index (χ2v) is 6.84. The number of ether oxygens (including phenoxy) is 1. The Balaban J connectivity index is 1.91. The molecule has 1 amide bonds. The van der Waals surface area contributed by atoms with E-state index in [0.717, 1.165) is 19.5 Å². The summed E-state index contributed by atoms with van der Waals surface area (Å²) < 4.78 is 5.44. The molecule has 21 heavy (non-hydrogen) atoms. The number of aromatic amines is 1. The highest BCUT2D eigenvalue weighted by molar-refractivity contribution is 5.68. The Bertz CT molecular complexity index is 464. The van der Waals surface area contributed by atoms with Crippen LogP contribution in [0.2, 0.25) is 0 Å². The number of hydrogen-bond acceptors (Lipinski definition) is 3. The number of likely N-dealkylation sites (tertiary alicyclic amines) is 1. The zero-order valence-corrected chi connectivity index (χ0v) is 13.7. The van der Waals surface area contributed by atoms with Crippen LogP contribution in [-0.4, -0.2) is 52.7 Å². The molecule has 1 N–H and O–H groups in total. The van der Waals surface area contributed by atoms with Gasteiger partial charge >= 0.3 is 6.09 Å². The van der Waals surface area contributed by atoms with Crippen LogP contribution in [0.15, 0.2) is 18.3 Å². The van der Waals surface area contributed by atoms with Crippen LogP contribution < -0.4 is 0 Å². The third-order valence-electron chi connectivity index (χ3n) is 4.07. The lowest BCUT2D eigenvalue weighted by Crippen LogP contribution is -2.39. The molecule has 1 saturated heterocycles. The molecule has 1 aromatic rings.